The number of aromatic nitrogens is 2. The molecule has 0 bridgehead atoms. The predicted molar refractivity (Wildman–Crippen MR) is 77.2 cm³/mol. The van der Waals surface area contributed by atoms with E-state index >= 15 is 0 Å². The Labute approximate surface area is 123 Å². The molecule has 1 saturated carbocycles. The van der Waals surface area contributed by atoms with Gasteiger partial charge in [0.1, 0.15) is 6.61 Å². The van der Waals surface area contributed by atoms with Crippen molar-refractivity contribution in [2.75, 3.05) is 6.61 Å². The lowest BCUT2D eigenvalue weighted by atomic mass is 10.2. The normalized spacial score (nSPS) is 20.3. The molecule has 1 N–H and O–H groups in total. The van der Waals surface area contributed by atoms with E-state index in [1.54, 1.807) is 0 Å². The van der Waals surface area contributed by atoms with Crippen LogP contribution in [0.1, 0.15) is 30.3 Å². The molecular weight excluding hydrogens is 266 g/mol. The number of rotatable bonds is 4. The molecule has 108 valence electrons. The van der Waals surface area contributed by atoms with Crippen LogP contribution in [0.15, 0.2) is 36.7 Å². The summed E-state index contributed by atoms with van der Waals surface area (Å²) in [4.78, 5) is 8.84. The number of hydrogen-bond donors (Lipinski definition) is 1. The van der Waals surface area contributed by atoms with Crippen LogP contribution in [-0.4, -0.2) is 22.6 Å². The van der Waals surface area contributed by atoms with Gasteiger partial charge in [0.25, 0.3) is 0 Å². The lowest BCUT2D eigenvalue weighted by Crippen LogP contribution is -2.23. The Bertz CT molecular complexity index is 626. The Hall–Kier alpha value is -2.14. The molecule has 0 amide bonds. The van der Waals surface area contributed by atoms with Crippen molar-refractivity contribution in [3.05, 3.63) is 48.0 Å². The molecule has 1 unspecified atom stereocenters. The quantitative estimate of drug-likeness (QED) is 0.932. The highest BCUT2D eigenvalue weighted by molar-refractivity contribution is 5.41. The van der Waals surface area contributed by atoms with Crippen molar-refractivity contribution < 1.29 is 9.47 Å². The maximum absolute atomic E-state index is 5.90. The van der Waals surface area contributed by atoms with Crippen LogP contribution >= 0.6 is 0 Å². The first kappa shape index (κ1) is 12.6. The molecule has 1 aliphatic heterocycles. The van der Waals surface area contributed by atoms with Crippen molar-refractivity contribution >= 4 is 0 Å². The first-order valence-corrected chi connectivity index (χ1v) is 7.31. The lowest BCUT2D eigenvalue weighted by molar-refractivity contribution is 0.0850. The summed E-state index contributed by atoms with van der Waals surface area (Å²) in [7, 11) is 0. The first-order valence-electron chi connectivity index (χ1n) is 7.31. The third-order valence-electron chi connectivity index (χ3n) is 3.69. The average molecular weight is 283 g/mol. The van der Waals surface area contributed by atoms with E-state index in [0.717, 1.165) is 23.6 Å². The van der Waals surface area contributed by atoms with E-state index in [1.165, 1.54) is 12.8 Å². The molecule has 0 spiro atoms. The van der Waals surface area contributed by atoms with E-state index in [-0.39, 0.29) is 6.10 Å². The average Bonchev–Trinajstić information content (AvgIpc) is 3.37. The molecular formula is C16H17N3O2. The zero-order valence-electron chi connectivity index (χ0n) is 11.7. The monoisotopic (exact) mass is 283 g/mol. The third kappa shape index (κ3) is 2.83. The number of hydrogen-bond acceptors (Lipinski definition) is 5. The molecule has 1 fully saturated rings. The molecule has 5 heteroatoms. The van der Waals surface area contributed by atoms with Crippen molar-refractivity contribution in [2.45, 2.75) is 31.5 Å². The summed E-state index contributed by atoms with van der Waals surface area (Å²) in [6.07, 6.45) is 6.05. The van der Waals surface area contributed by atoms with Crippen molar-refractivity contribution in [3.63, 3.8) is 0 Å². The maximum atomic E-state index is 5.90. The summed E-state index contributed by atoms with van der Waals surface area (Å²) >= 11 is 0. The van der Waals surface area contributed by atoms with Crippen LogP contribution in [0.4, 0.5) is 0 Å². The van der Waals surface area contributed by atoms with Crippen molar-refractivity contribution in [1.82, 2.24) is 15.3 Å². The fourth-order valence-corrected chi connectivity index (χ4v) is 2.32. The Morgan fingerprint density at radius 3 is 2.62 bits per heavy atom. The van der Waals surface area contributed by atoms with Crippen LogP contribution in [0.5, 0.6) is 11.5 Å². The zero-order valence-corrected chi connectivity index (χ0v) is 11.7. The molecule has 1 atom stereocenters. The summed E-state index contributed by atoms with van der Waals surface area (Å²) in [5.41, 5.74) is 1.10. The second kappa shape index (κ2) is 5.33. The van der Waals surface area contributed by atoms with E-state index in [4.69, 9.17) is 9.47 Å². The van der Waals surface area contributed by atoms with E-state index < -0.39 is 0 Å². The Balaban J connectivity index is 1.44. The molecule has 4 rings (SSSR count). The van der Waals surface area contributed by atoms with Crippen molar-refractivity contribution in [2.24, 2.45) is 0 Å². The number of para-hydroxylation sites is 2. The maximum Gasteiger partial charge on any atom is 0.192 e. The summed E-state index contributed by atoms with van der Waals surface area (Å²) in [5, 5.41) is 3.45. The minimum Gasteiger partial charge on any atom is -0.485 e. The van der Waals surface area contributed by atoms with Gasteiger partial charge in [-0.1, -0.05) is 12.1 Å². The second-order valence-corrected chi connectivity index (χ2v) is 5.47. The highest BCUT2D eigenvalue weighted by Crippen LogP contribution is 2.34. The number of nitrogens with one attached hydrogen (secondary N) is 1. The van der Waals surface area contributed by atoms with Crippen molar-refractivity contribution in [1.29, 1.82) is 0 Å². The topological polar surface area (TPSA) is 56.3 Å². The standard InChI is InChI=1S/C16H17N3O2/c1-2-4-14-13(3-1)20-10-15(21-14)16-18-8-11(9-19-16)7-17-12-5-6-12/h1-4,8-9,12,15,17H,5-7,10H2. The second-order valence-electron chi connectivity index (χ2n) is 5.47. The van der Waals surface area contributed by atoms with Crippen LogP contribution in [0.25, 0.3) is 0 Å². The first-order chi connectivity index (χ1) is 10.4. The van der Waals surface area contributed by atoms with Gasteiger partial charge in [0.2, 0.25) is 0 Å². The van der Waals surface area contributed by atoms with Gasteiger partial charge in [-0.2, -0.15) is 0 Å². The van der Waals surface area contributed by atoms with E-state index in [2.05, 4.69) is 15.3 Å². The van der Waals surface area contributed by atoms with E-state index in [9.17, 15) is 0 Å². The van der Waals surface area contributed by atoms with Gasteiger partial charge in [0, 0.05) is 30.5 Å². The van der Waals surface area contributed by atoms with Gasteiger partial charge in [-0.05, 0) is 25.0 Å². The summed E-state index contributed by atoms with van der Waals surface area (Å²) in [5.74, 6) is 2.19. The molecule has 0 radical (unpaired) electrons. The zero-order chi connectivity index (χ0) is 14.1. The van der Waals surface area contributed by atoms with Gasteiger partial charge in [0.15, 0.2) is 23.4 Å². The molecule has 2 heterocycles. The largest absolute Gasteiger partial charge is 0.485 e. The molecule has 21 heavy (non-hydrogen) atoms. The van der Waals surface area contributed by atoms with Crippen LogP contribution in [0, 0.1) is 0 Å². The smallest absolute Gasteiger partial charge is 0.192 e. The lowest BCUT2D eigenvalue weighted by Gasteiger charge is -2.25. The van der Waals surface area contributed by atoms with Crippen LogP contribution in [0.3, 0.4) is 0 Å². The SMILES string of the molecule is c1ccc2c(c1)OCC(c1ncc(CNC3CC3)cn1)O2. The summed E-state index contributed by atoms with van der Waals surface area (Å²) < 4.78 is 11.6. The molecule has 1 aromatic carbocycles. The van der Waals surface area contributed by atoms with Crippen LogP contribution in [0.2, 0.25) is 0 Å². The van der Waals surface area contributed by atoms with E-state index in [0.29, 0.717) is 18.5 Å². The Kier molecular flexibility index (Phi) is 3.20. The molecule has 2 aliphatic rings. The summed E-state index contributed by atoms with van der Waals surface area (Å²) in [6.45, 7) is 1.27. The van der Waals surface area contributed by atoms with Crippen molar-refractivity contribution in [3.8, 4) is 11.5 Å². The van der Waals surface area contributed by atoms with Crippen LogP contribution < -0.4 is 14.8 Å². The Morgan fingerprint density at radius 2 is 1.86 bits per heavy atom. The molecule has 1 aromatic heterocycles. The number of benzene rings is 1. The molecule has 5 nitrogen and oxygen atoms in total. The number of fused-ring (bicyclic) bond motifs is 1. The Morgan fingerprint density at radius 1 is 1.10 bits per heavy atom. The van der Waals surface area contributed by atoms with Gasteiger partial charge in [-0.15, -0.1) is 0 Å². The minimum atomic E-state index is -0.245. The predicted octanol–water partition coefficient (Wildman–Crippen LogP) is 2.24. The van der Waals surface area contributed by atoms with Gasteiger partial charge in [0.05, 0.1) is 0 Å². The van der Waals surface area contributed by atoms with Gasteiger partial charge < -0.3 is 14.8 Å². The minimum absolute atomic E-state index is 0.245. The molecule has 2 aromatic rings. The van der Waals surface area contributed by atoms with Gasteiger partial charge in [-0.25, -0.2) is 9.97 Å². The fraction of sp³-hybridized carbons (Fsp3) is 0.375. The number of ether oxygens (including phenoxy) is 2. The highest BCUT2D eigenvalue weighted by atomic mass is 16.6. The van der Waals surface area contributed by atoms with Gasteiger partial charge >= 0.3 is 0 Å². The highest BCUT2D eigenvalue weighted by Gasteiger charge is 2.24. The molecule has 1 aliphatic carbocycles. The van der Waals surface area contributed by atoms with E-state index in [1.807, 2.05) is 36.7 Å². The van der Waals surface area contributed by atoms with Gasteiger partial charge in [-0.3, -0.25) is 0 Å². The fourth-order valence-electron chi connectivity index (χ4n) is 2.32. The van der Waals surface area contributed by atoms with Crippen LogP contribution in [-0.2, 0) is 6.54 Å². The third-order valence-corrected chi connectivity index (χ3v) is 3.69. The molecule has 0 saturated heterocycles. The number of nitrogens with zero attached hydrogens (tertiary/aromatic N) is 2. The summed E-state index contributed by atoms with van der Waals surface area (Å²) in [6, 6.07) is 8.35.